The molecule has 3 N–H and O–H groups in total. The first-order chi connectivity index (χ1) is 7.62. The Labute approximate surface area is 99.0 Å². The summed E-state index contributed by atoms with van der Waals surface area (Å²) in [7, 11) is 0. The summed E-state index contributed by atoms with van der Waals surface area (Å²) in [6.07, 6.45) is 7.77. The molecule has 0 aromatic rings. The van der Waals surface area contributed by atoms with Crippen molar-refractivity contribution >= 4 is 0 Å². The van der Waals surface area contributed by atoms with Crippen LogP contribution in [0.1, 0.15) is 45.4 Å². The summed E-state index contributed by atoms with van der Waals surface area (Å²) < 4.78 is 0. The van der Waals surface area contributed by atoms with Gasteiger partial charge in [0.25, 0.3) is 0 Å². The van der Waals surface area contributed by atoms with Gasteiger partial charge in [0.05, 0.1) is 5.60 Å². The Morgan fingerprint density at radius 3 is 2.81 bits per heavy atom. The summed E-state index contributed by atoms with van der Waals surface area (Å²) in [5, 5.41) is 9.94. The van der Waals surface area contributed by atoms with Crippen LogP contribution in [0.4, 0.5) is 0 Å². The number of rotatable bonds is 4. The van der Waals surface area contributed by atoms with Crippen molar-refractivity contribution in [3.8, 4) is 0 Å². The fourth-order valence-electron chi connectivity index (χ4n) is 3.32. The fraction of sp³-hybridized carbons (Fsp3) is 1.00. The molecular weight excluding hydrogens is 200 g/mol. The van der Waals surface area contributed by atoms with Crippen LogP contribution in [-0.2, 0) is 0 Å². The van der Waals surface area contributed by atoms with Crippen LogP contribution in [0.15, 0.2) is 0 Å². The summed E-state index contributed by atoms with van der Waals surface area (Å²) in [4.78, 5) is 2.60. The zero-order valence-electron chi connectivity index (χ0n) is 10.5. The van der Waals surface area contributed by atoms with Gasteiger partial charge in [0.2, 0.25) is 0 Å². The maximum absolute atomic E-state index is 9.94. The molecule has 3 nitrogen and oxygen atoms in total. The molecular formula is C13H26N2O. The average Bonchev–Trinajstić information content (AvgIpc) is 2.75. The predicted molar refractivity (Wildman–Crippen MR) is 66.2 cm³/mol. The van der Waals surface area contributed by atoms with Crippen molar-refractivity contribution in [1.82, 2.24) is 4.90 Å². The third-order valence-electron chi connectivity index (χ3n) is 4.49. The van der Waals surface area contributed by atoms with Crippen molar-refractivity contribution < 1.29 is 5.11 Å². The molecule has 16 heavy (non-hydrogen) atoms. The van der Waals surface area contributed by atoms with Crippen molar-refractivity contribution in [1.29, 1.82) is 0 Å². The monoisotopic (exact) mass is 226 g/mol. The second-order valence-corrected chi connectivity index (χ2v) is 5.89. The van der Waals surface area contributed by atoms with Crippen molar-refractivity contribution in [3.63, 3.8) is 0 Å². The number of nitrogens with zero attached hydrogens (tertiary/aromatic N) is 1. The van der Waals surface area contributed by atoms with E-state index in [0.29, 0.717) is 6.54 Å². The normalized spacial score (nSPS) is 34.7. The van der Waals surface area contributed by atoms with Gasteiger partial charge in [-0.25, -0.2) is 0 Å². The first kappa shape index (κ1) is 12.3. The van der Waals surface area contributed by atoms with E-state index < -0.39 is 5.60 Å². The minimum atomic E-state index is -0.675. The zero-order chi connectivity index (χ0) is 11.6. The summed E-state index contributed by atoms with van der Waals surface area (Å²) in [6, 6.07) is 0.808. The molecule has 0 aromatic carbocycles. The first-order valence-corrected chi connectivity index (χ1v) is 6.79. The Hall–Kier alpha value is -0.120. The molecule has 3 unspecified atom stereocenters. The van der Waals surface area contributed by atoms with E-state index in [9.17, 15) is 5.11 Å². The average molecular weight is 226 g/mol. The Kier molecular flexibility index (Phi) is 3.88. The van der Waals surface area contributed by atoms with Crippen LogP contribution in [0.25, 0.3) is 0 Å². The summed E-state index contributed by atoms with van der Waals surface area (Å²) >= 11 is 0. The highest BCUT2D eigenvalue weighted by atomic mass is 16.3. The molecule has 1 saturated heterocycles. The number of nitrogens with two attached hydrogens (primary N) is 1. The van der Waals surface area contributed by atoms with Gasteiger partial charge in [-0.15, -0.1) is 0 Å². The number of hydrogen-bond donors (Lipinski definition) is 2. The van der Waals surface area contributed by atoms with Gasteiger partial charge >= 0.3 is 0 Å². The molecule has 3 atom stereocenters. The van der Waals surface area contributed by atoms with E-state index >= 15 is 0 Å². The SMILES string of the molecule is CC(O)(CN)CCN1CCCC2CCCC21. The van der Waals surface area contributed by atoms with Gasteiger partial charge in [-0.05, 0) is 51.5 Å². The second-order valence-electron chi connectivity index (χ2n) is 5.89. The van der Waals surface area contributed by atoms with E-state index in [-0.39, 0.29) is 0 Å². The smallest absolute Gasteiger partial charge is 0.0753 e. The van der Waals surface area contributed by atoms with Crippen LogP contribution in [0.5, 0.6) is 0 Å². The summed E-state index contributed by atoms with van der Waals surface area (Å²) in [5.41, 5.74) is 4.89. The van der Waals surface area contributed by atoms with Crippen LogP contribution < -0.4 is 5.73 Å². The van der Waals surface area contributed by atoms with Crippen molar-refractivity contribution in [2.45, 2.75) is 57.1 Å². The van der Waals surface area contributed by atoms with Gasteiger partial charge in [0.1, 0.15) is 0 Å². The molecule has 1 aliphatic heterocycles. The fourth-order valence-corrected chi connectivity index (χ4v) is 3.32. The highest BCUT2D eigenvalue weighted by Gasteiger charge is 2.35. The molecule has 2 rings (SSSR count). The third kappa shape index (κ3) is 2.76. The summed E-state index contributed by atoms with van der Waals surface area (Å²) in [6.45, 7) is 4.46. The lowest BCUT2D eigenvalue weighted by Crippen LogP contribution is -2.46. The van der Waals surface area contributed by atoms with Gasteiger partial charge in [0.15, 0.2) is 0 Å². The van der Waals surface area contributed by atoms with Gasteiger partial charge in [-0.3, -0.25) is 0 Å². The molecule has 0 bridgehead atoms. The minimum absolute atomic E-state index is 0.370. The number of hydrogen-bond acceptors (Lipinski definition) is 3. The Bertz CT molecular complexity index is 230. The van der Waals surface area contributed by atoms with E-state index in [1.807, 2.05) is 6.92 Å². The van der Waals surface area contributed by atoms with E-state index in [2.05, 4.69) is 4.90 Å². The molecule has 0 aromatic heterocycles. The largest absolute Gasteiger partial charge is 0.389 e. The number of fused-ring (bicyclic) bond motifs is 1. The quantitative estimate of drug-likeness (QED) is 0.761. The summed E-state index contributed by atoms with van der Waals surface area (Å²) in [5.74, 6) is 0.941. The topological polar surface area (TPSA) is 49.5 Å². The number of aliphatic hydroxyl groups is 1. The molecule has 0 spiro atoms. The van der Waals surface area contributed by atoms with Gasteiger partial charge in [-0.2, -0.15) is 0 Å². The number of piperidine rings is 1. The highest BCUT2D eigenvalue weighted by Crippen LogP contribution is 2.36. The maximum atomic E-state index is 9.94. The van der Waals surface area contributed by atoms with E-state index in [1.54, 1.807) is 0 Å². The molecule has 2 aliphatic rings. The minimum Gasteiger partial charge on any atom is -0.389 e. The van der Waals surface area contributed by atoms with Crippen LogP contribution in [0.2, 0.25) is 0 Å². The lowest BCUT2D eigenvalue weighted by Gasteiger charge is -2.39. The lowest BCUT2D eigenvalue weighted by atomic mass is 9.91. The zero-order valence-corrected chi connectivity index (χ0v) is 10.5. The van der Waals surface area contributed by atoms with Crippen molar-refractivity contribution in [3.05, 3.63) is 0 Å². The second kappa shape index (κ2) is 5.03. The predicted octanol–water partition coefficient (Wildman–Crippen LogP) is 1.35. The van der Waals surface area contributed by atoms with Crippen molar-refractivity contribution in [2.24, 2.45) is 11.7 Å². The van der Waals surface area contributed by atoms with Crippen LogP contribution in [0, 0.1) is 5.92 Å². The van der Waals surface area contributed by atoms with Gasteiger partial charge < -0.3 is 15.7 Å². The molecule has 94 valence electrons. The Morgan fingerprint density at radius 2 is 2.06 bits per heavy atom. The molecule has 1 heterocycles. The first-order valence-electron chi connectivity index (χ1n) is 6.79. The third-order valence-corrected chi connectivity index (χ3v) is 4.49. The molecule has 0 amide bonds. The standard InChI is InChI=1S/C13H26N2O/c1-13(16,10-14)7-9-15-8-3-5-11-4-2-6-12(11)15/h11-12,16H,2-10,14H2,1H3. The molecule has 2 fully saturated rings. The maximum Gasteiger partial charge on any atom is 0.0753 e. The number of likely N-dealkylation sites (tertiary alicyclic amines) is 1. The molecule has 1 saturated carbocycles. The molecule has 3 heteroatoms. The Balaban J connectivity index is 1.84. The Morgan fingerprint density at radius 1 is 1.31 bits per heavy atom. The van der Waals surface area contributed by atoms with Gasteiger partial charge in [-0.1, -0.05) is 6.42 Å². The van der Waals surface area contributed by atoms with E-state index in [1.165, 1.54) is 38.6 Å². The van der Waals surface area contributed by atoms with E-state index in [4.69, 9.17) is 5.73 Å². The lowest BCUT2D eigenvalue weighted by molar-refractivity contribution is 0.0299. The van der Waals surface area contributed by atoms with Gasteiger partial charge in [0, 0.05) is 19.1 Å². The van der Waals surface area contributed by atoms with Crippen LogP contribution in [0.3, 0.4) is 0 Å². The molecule has 1 aliphatic carbocycles. The van der Waals surface area contributed by atoms with Crippen LogP contribution >= 0.6 is 0 Å². The van der Waals surface area contributed by atoms with Crippen LogP contribution in [-0.4, -0.2) is 41.3 Å². The van der Waals surface area contributed by atoms with Crippen molar-refractivity contribution in [2.75, 3.05) is 19.6 Å². The highest BCUT2D eigenvalue weighted by molar-refractivity contribution is 4.90. The molecule has 0 radical (unpaired) electrons. The van der Waals surface area contributed by atoms with E-state index in [0.717, 1.165) is 24.9 Å².